The molecule has 1 fully saturated rings. The smallest absolute Gasteiger partial charge is 0.357 e. The van der Waals surface area contributed by atoms with Gasteiger partial charge in [-0.05, 0) is 24.5 Å². The lowest BCUT2D eigenvalue weighted by Crippen LogP contribution is -2.38. The predicted octanol–water partition coefficient (Wildman–Crippen LogP) is 2.30. The molecular formula is C15H22F3N5. The quantitative estimate of drug-likeness (QED) is 0.643. The second-order valence-corrected chi connectivity index (χ2v) is 5.44. The van der Waals surface area contributed by atoms with Crippen molar-refractivity contribution in [1.29, 1.82) is 0 Å². The van der Waals surface area contributed by atoms with Crippen LogP contribution in [0.4, 0.5) is 19.0 Å². The first-order valence-corrected chi connectivity index (χ1v) is 7.69. The maximum atomic E-state index is 12.1. The van der Waals surface area contributed by atoms with Crippen LogP contribution in [0.5, 0.6) is 0 Å². The third-order valence-corrected chi connectivity index (χ3v) is 3.62. The molecule has 1 saturated heterocycles. The fraction of sp³-hybridized carbons (Fsp3) is 0.600. The molecule has 0 radical (unpaired) electrons. The summed E-state index contributed by atoms with van der Waals surface area (Å²) in [4.78, 5) is 10.6. The van der Waals surface area contributed by atoms with E-state index in [-0.39, 0.29) is 6.54 Å². The predicted molar refractivity (Wildman–Crippen MR) is 84.6 cm³/mol. The van der Waals surface area contributed by atoms with E-state index in [0.717, 1.165) is 24.5 Å². The third-order valence-electron chi connectivity index (χ3n) is 3.62. The number of halogens is 3. The van der Waals surface area contributed by atoms with Gasteiger partial charge in [0.15, 0.2) is 5.96 Å². The van der Waals surface area contributed by atoms with E-state index in [1.165, 1.54) is 19.9 Å². The van der Waals surface area contributed by atoms with Gasteiger partial charge in [0.1, 0.15) is 5.82 Å². The largest absolute Gasteiger partial charge is 0.390 e. The number of anilines is 1. The molecular weight excluding hydrogens is 307 g/mol. The number of hydrogen-bond acceptors (Lipinski definition) is 3. The Kier molecular flexibility index (Phi) is 6.06. The average Bonchev–Trinajstić information content (AvgIpc) is 3.04. The van der Waals surface area contributed by atoms with E-state index < -0.39 is 12.6 Å². The highest BCUT2D eigenvalue weighted by atomic mass is 19.4. The zero-order valence-electron chi connectivity index (χ0n) is 13.2. The summed E-state index contributed by atoms with van der Waals surface area (Å²) in [6.45, 7) is 2.34. The number of rotatable bonds is 5. The molecule has 1 aromatic heterocycles. The Hall–Kier alpha value is -1.99. The van der Waals surface area contributed by atoms with E-state index in [0.29, 0.717) is 12.5 Å². The van der Waals surface area contributed by atoms with E-state index in [1.54, 1.807) is 6.20 Å². The van der Waals surface area contributed by atoms with Crippen molar-refractivity contribution in [2.24, 2.45) is 4.99 Å². The van der Waals surface area contributed by atoms with Gasteiger partial charge in [-0.1, -0.05) is 6.07 Å². The number of pyridine rings is 1. The first kappa shape index (κ1) is 17.4. The van der Waals surface area contributed by atoms with Crippen LogP contribution < -0.4 is 15.5 Å². The summed E-state index contributed by atoms with van der Waals surface area (Å²) in [5.41, 5.74) is 0.951. The molecule has 0 unspecified atom stereocenters. The molecule has 1 aliphatic rings. The summed E-state index contributed by atoms with van der Waals surface area (Å²) in [6, 6.07) is 3.94. The van der Waals surface area contributed by atoms with Gasteiger partial charge in [-0.15, -0.1) is 0 Å². The molecule has 0 aromatic carbocycles. The number of aliphatic imine (C=N–C) groups is 1. The molecule has 8 heteroatoms. The van der Waals surface area contributed by atoms with E-state index >= 15 is 0 Å². The fourth-order valence-electron chi connectivity index (χ4n) is 2.38. The van der Waals surface area contributed by atoms with Crippen molar-refractivity contribution in [2.45, 2.75) is 32.0 Å². The molecule has 0 bridgehead atoms. The van der Waals surface area contributed by atoms with Crippen LogP contribution in [-0.2, 0) is 6.54 Å². The summed E-state index contributed by atoms with van der Waals surface area (Å²) in [7, 11) is 1.53. The van der Waals surface area contributed by atoms with Gasteiger partial charge in [0.05, 0.1) is 6.42 Å². The molecule has 0 atom stereocenters. The zero-order valence-corrected chi connectivity index (χ0v) is 13.2. The van der Waals surface area contributed by atoms with Crippen LogP contribution in [-0.4, -0.2) is 43.8 Å². The Morgan fingerprint density at radius 1 is 1.26 bits per heavy atom. The van der Waals surface area contributed by atoms with E-state index in [2.05, 4.69) is 25.5 Å². The van der Waals surface area contributed by atoms with E-state index in [1.807, 2.05) is 12.1 Å². The van der Waals surface area contributed by atoms with Gasteiger partial charge in [-0.3, -0.25) is 4.99 Å². The van der Waals surface area contributed by atoms with Crippen molar-refractivity contribution in [3.05, 3.63) is 23.9 Å². The molecule has 2 N–H and O–H groups in total. The summed E-state index contributed by atoms with van der Waals surface area (Å²) in [6.07, 6.45) is -0.875. The van der Waals surface area contributed by atoms with Crippen molar-refractivity contribution in [3.63, 3.8) is 0 Å². The van der Waals surface area contributed by atoms with Gasteiger partial charge in [-0.25, -0.2) is 4.98 Å². The van der Waals surface area contributed by atoms with E-state index in [4.69, 9.17) is 0 Å². The summed E-state index contributed by atoms with van der Waals surface area (Å²) in [5.74, 6) is 1.32. The molecule has 2 rings (SSSR count). The number of nitrogens with one attached hydrogen (secondary N) is 2. The third kappa shape index (κ3) is 5.96. The van der Waals surface area contributed by atoms with E-state index in [9.17, 15) is 13.2 Å². The Morgan fingerprint density at radius 3 is 2.57 bits per heavy atom. The first-order valence-electron chi connectivity index (χ1n) is 7.69. The first-order chi connectivity index (χ1) is 11.0. The van der Waals surface area contributed by atoms with Crippen molar-refractivity contribution < 1.29 is 13.2 Å². The minimum Gasteiger partial charge on any atom is -0.357 e. The lowest BCUT2D eigenvalue weighted by molar-refractivity contribution is -0.132. The Bertz CT molecular complexity index is 507. The maximum Gasteiger partial charge on any atom is 0.390 e. The highest BCUT2D eigenvalue weighted by Gasteiger charge is 2.26. The molecule has 1 aromatic rings. The number of aromatic nitrogens is 1. The number of nitrogens with zero attached hydrogens (tertiary/aromatic N) is 3. The lowest BCUT2D eigenvalue weighted by atomic mass is 10.3. The minimum atomic E-state index is -4.17. The van der Waals surface area contributed by atoms with Gasteiger partial charge in [0.25, 0.3) is 0 Å². The van der Waals surface area contributed by atoms with Crippen LogP contribution in [0.15, 0.2) is 23.3 Å². The van der Waals surface area contributed by atoms with Crippen LogP contribution in [0.1, 0.15) is 24.8 Å². The van der Waals surface area contributed by atoms with Crippen LogP contribution in [0.2, 0.25) is 0 Å². The highest BCUT2D eigenvalue weighted by Crippen LogP contribution is 2.18. The summed E-state index contributed by atoms with van der Waals surface area (Å²) in [5, 5.41) is 5.62. The van der Waals surface area contributed by atoms with Gasteiger partial charge in [0.2, 0.25) is 0 Å². The van der Waals surface area contributed by atoms with Crippen LogP contribution in [0, 0.1) is 0 Å². The molecule has 5 nitrogen and oxygen atoms in total. The number of hydrogen-bond donors (Lipinski definition) is 2. The monoisotopic (exact) mass is 329 g/mol. The van der Waals surface area contributed by atoms with Crippen LogP contribution in [0.3, 0.4) is 0 Å². The molecule has 0 aliphatic carbocycles. The Balaban J connectivity index is 1.77. The Morgan fingerprint density at radius 2 is 2.00 bits per heavy atom. The van der Waals surface area contributed by atoms with Crippen LogP contribution >= 0.6 is 0 Å². The second-order valence-electron chi connectivity index (χ2n) is 5.44. The molecule has 0 amide bonds. The standard InChI is InChI=1S/C15H22F3N5/c1-19-14(20-7-6-15(16,17)18)22-11-12-4-5-13(21-10-12)23-8-2-3-9-23/h4-5,10H,2-3,6-9,11H2,1H3,(H2,19,20,22). The lowest BCUT2D eigenvalue weighted by Gasteiger charge is -2.16. The Labute approximate surface area is 134 Å². The van der Waals surface area contributed by atoms with Crippen molar-refractivity contribution >= 4 is 11.8 Å². The van der Waals surface area contributed by atoms with Gasteiger partial charge in [-0.2, -0.15) is 13.2 Å². The SMILES string of the molecule is CN=C(NCCC(F)(F)F)NCc1ccc(N2CCCC2)nc1. The van der Waals surface area contributed by atoms with Gasteiger partial charge in [0, 0.05) is 39.4 Å². The topological polar surface area (TPSA) is 52.6 Å². The molecule has 2 heterocycles. The minimum absolute atomic E-state index is 0.199. The number of alkyl halides is 3. The molecule has 128 valence electrons. The number of guanidine groups is 1. The highest BCUT2D eigenvalue weighted by molar-refractivity contribution is 5.79. The van der Waals surface area contributed by atoms with Gasteiger partial charge >= 0.3 is 6.18 Å². The van der Waals surface area contributed by atoms with Crippen molar-refractivity contribution in [3.8, 4) is 0 Å². The molecule has 0 spiro atoms. The van der Waals surface area contributed by atoms with Crippen LogP contribution in [0.25, 0.3) is 0 Å². The van der Waals surface area contributed by atoms with Crippen molar-refractivity contribution in [1.82, 2.24) is 15.6 Å². The molecule has 23 heavy (non-hydrogen) atoms. The maximum absolute atomic E-state index is 12.1. The molecule has 0 saturated carbocycles. The normalized spacial score (nSPS) is 15.8. The van der Waals surface area contributed by atoms with Crippen molar-refractivity contribution in [2.75, 3.05) is 31.6 Å². The zero-order chi connectivity index (χ0) is 16.7. The fourth-order valence-corrected chi connectivity index (χ4v) is 2.38. The summed E-state index contributed by atoms with van der Waals surface area (Å²) >= 11 is 0. The summed E-state index contributed by atoms with van der Waals surface area (Å²) < 4.78 is 36.3. The average molecular weight is 329 g/mol. The second kappa shape index (κ2) is 8.03. The van der Waals surface area contributed by atoms with Gasteiger partial charge < -0.3 is 15.5 Å². The molecule has 1 aliphatic heterocycles.